The van der Waals surface area contributed by atoms with Gasteiger partial charge in [0.05, 0.1) is 34.4 Å². The summed E-state index contributed by atoms with van der Waals surface area (Å²) in [5.41, 5.74) is 0. The van der Waals surface area contributed by atoms with E-state index in [1.165, 1.54) is 6.92 Å². The first-order valence-electron chi connectivity index (χ1n) is 6.71. The lowest BCUT2D eigenvalue weighted by Crippen LogP contribution is -2.37. The second kappa shape index (κ2) is 9.50. The number of nitrogens with zero attached hydrogens (tertiary/aromatic N) is 1. The fourth-order valence-electron chi connectivity index (χ4n) is 1.24. The van der Waals surface area contributed by atoms with Gasteiger partial charge >= 0.3 is 5.97 Å². The van der Waals surface area contributed by atoms with Crippen molar-refractivity contribution in [2.24, 2.45) is 0 Å². The zero-order chi connectivity index (χ0) is 16.5. The van der Waals surface area contributed by atoms with Crippen LogP contribution in [-0.2, 0) is 27.9 Å². The van der Waals surface area contributed by atoms with Crippen LogP contribution in [0.15, 0.2) is 0 Å². The molecule has 0 aliphatic heterocycles. The first-order chi connectivity index (χ1) is 9.56. The number of hydrogen-bond donors (Lipinski definition) is 0. The zero-order valence-electron chi connectivity index (χ0n) is 13.4. The molecule has 0 N–H and O–H groups in total. The molecule has 0 heterocycles. The van der Waals surface area contributed by atoms with Crippen LogP contribution in [0.2, 0.25) is 0 Å². The summed E-state index contributed by atoms with van der Waals surface area (Å²) in [5, 5.41) is 0. The number of phosphoric acid groups is 1. The summed E-state index contributed by atoms with van der Waals surface area (Å²) < 4.78 is 31.6. The molecule has 126 valence electrons. The van der Waals surface area contributed by atoms with Gasteiger partial charge in [0.15, 0.2) is 0 Å². The molecule has 0 bridgehead atoms. The first-order valence-corrected chi connectivity index (χ1v) is 8.17. The van der Waals surface area contributed by atoms with Crippen molar-refractivity contribution in [1.82, 2.24) is 0 Å². The maximum atomic E-state index is 11.6. The van der Waals surface area contributed by atoms with Gasteiger partial charge in [-0.2, -0.15) is 0 Å². The summed E-state index contributed by atoms with van der Waals surface area (Å²) in [5.74, 6) is -0.532. The van der Waals surface area contributed by atoms with E-state index in [-0.39, 0.29) is 19.8 Å². The zero-order valence-corrected chi connectivity index (χ0v) is 14.3. The van der Waals surface area contributed by atoms with E-state index < -0.39 is 19.9 Å². The van der Waals surface area contributed by atoms with E-state index in [4.69, 9.17) is 18.5 Å². The van der Waals surface area contributed by atoms with E-state index in [9.17, 15) is 14.3 Å². The maximum Gasteiger partial charge on any atom is 0.303 e. The highest BCUT2D eigenvalue weighted by Gasteiger charge is 2.18. The average molecular weight is 327 g/mol. The third-order valence-electron chi connectivity index (χ3n) is 2.27. The molecule has 0 aliphatic carbocycles. The molecule has 0 radical (unpaired) electrons. The van der Waals surface area contributed by atoms with Crippen LogP contribution in [0.1, 0.15) is 13.8 Å². The number of quaternary nitrogens is 1. The number of likely N-dealkylation sites (N-methyl/N-ethyl adjacent to an activating group) is 1. The molecule has 0 aromatic rings. The molecule has 2 atom stereocenters. The lowest BCUT2D eigenvalue weighted by molar-refractivity contribution is -0.870. The number of carbonyl (C=O) groups is 1. The second-order valence-electron chi connectivity index (χ2n) is 5.48. The van der Waals surface area contributed by atoms with E-state index in [2.05, 4.69) is 0 Å². The molecule has 0 fully saturated rings. The van der Waals surface area contributed by atoms with Gasteiger partial charge in [0, 0.05) is 13.5 Å². The van der Waals surface area contributed by atoms with E-state index in [1.54, 1.807) is 6.92 Å². The van der Waals surface area contributed by atoms with Gasteiger partial charge in [-0.15, -0.1) is 0 Å². The van der Waals surface area contributed by atoms with Crippen LogP contribution in [0.3, 0.4) is 0 Å². The van der Waals surface area contributed by atoms with Gasteiger partial charge < -0.3 is 27.9 Å². The normalized spacial score (nSPS) is 16.3. The third-order valence-corrected chi connectivity index (χ3v) is 3.23. The van der Waals surface area contributed by atoms with E-state index >= 15 is 0 Å². The highest BCUT2D eigenvalue weighted by molar-refractivity contribution is 7.45. The van der Waals surface area contributed by atoms with Crippen LogP contribution in [0, 0.1) is 0 Å². The Morgan fingerprint density at radius 3 is 2.33 bits per heavy atom. The smallest absolute Gasteiger partial charge is 0.303 e. The van der Waals surface area contributed by atoms with Crippen molar-refractivity contribution < 1.29 is 37.3 Å². The minimum absolute atomic E-state index is 0.0218. The van der Waals surface area contributed by atoms with Crippen LogP contribution < -0.4 is 4.89 Å². The molecule has 0 aliphatic rings. The van der Waals surface area contributed by atoms with Crippen LogP contribution in [0.4, 0.5) is 0 Å². The molecule has 0 rings (SSSR count). The van der Waals surface area contributed by atoms with Crippen molar-refractivity contribution in [2.45, 2.75) is 20.0 Å². The van der Waals surface area contributed by atoms with E-state index in [1.807, 2.05) is 21.1 Å². The molecule has 8 nitrogen and oxygen atoms in total. The highest BCUT2D eigenvalue weighted by Crippen LogP contribution is 2.38. The summed E-state index contributed by atoms with van der Waals surface area (Å²) in [7, 11) is 1.33. The Labute approximate surface area is 126 Å². The number of rotatable bonds is 11. The predicted molar refractivity (Wildman–Crippen MR) is 74.5 cm³/mol. The minimum Gasteiger partial charge on any atom is -0.756 e. The summed E-state index contributed by atoms with van der Waals surface area (Å²) in [4.78, 5) is 22.5. The predicted octanol–water partition coefficient (Wildman–Crippen LogP) is 0.162. The summed E-state index contributed by atoms with van der Waals surface area (Å²) >= 11 is 0. The Hall–Kier alpha value is -0.500. The average Bonchev–Trinajstić information content (AvgIpc) is 2.30. The molecular weight excluding hydrogens is 301 g/mol. The van der Waals surface area contributed by atoms with E-state index in [0.29, 0.717) is 17.6 Å². The van der Waals surface area contributed by atoms with Gasteiger partial charge in [-0.05, 0) is 6.92 Å². The Bertz CT molecular complexity index is 356. The third kappa shape index (κ3) is 12.9. The van der Waals surface area contributed by atoms with Gasteiger partial charge in [-0.1, -0.05) is 0 Å². The fraction of sp³-hybridized carbons (Fsp3) is 0.917. The lowest BCUT2D eigenvalue weighted by Gasteiger charge is -2.28. The van der Waals surface area contributed by atoms with Crippen LogP contribution in [-0.4, -0.2) is 70.7 Å². The van der Waals surface area contributed by atoms with Gasteiger partial charge in [0.1, 0.15) is 19.3 Å². The maximum absolute atomic E-state index is 11.6. The lowest BCUT2D eigenvalue weighted by atomic mass is 10.4. The largest absolute Gasteiger partial charge is 0.756 e. The number of carbonyl (C=O) groups excluding carboxylic acids is 1. The fourth-order valence-corrected chi connectivity index (χ4v) is 1.97. The van der Waals surface area contributed by atoms with Gasteiger partial charge in [0.2, 0.25) is 0 Å². The number of ether oxygens (including phenoxy) is 2. The van der Waals surface area contributed by atoms with Crippen molar-refractivity contribution >= 4 is 13.8 Å². The Morgan fingerprint density at radius 1 is 1.24 bits per heavy atom. The Kier molecular flexibility index (Phi) is 9.28. The van der Waals surface area contributed by atoms with Gasteiger partial charge in [-0.25, -0.2) is 0 Å². The molecule has 0 aromatic heterocycles. The molecule has 0 amide bonds. The monoisotopic (exact) mass is 327 g/mol. The second-order valence-corrected chi connectivity index (χ2v) is 6.89. The molecule has 0 saturated carbocycles. The summed E-state index contributed by atoms with van der Waals surface area (Å²) in [6, 6.07) is 0. The highest BCUT2D eigenvalue weighted by atomic mass is 31.2. The Morgan fingerprint density at radius 2 is 1.86 bits per heavy atom. The standard InChI is InChI=1S/C12H26NO7P/c1-6-17-9-12(20-11(2)14)10-19-21(15,16)18-8-7-13(3,4)5/h12H,6-10H2,1-5H3/t12-/m1/s1. The Balaban J connectivity index is 4.21. The number of phosphoric ester groups is 1. The SMILES string of the molecule is CCOC[C@H](COP(=O)([O-])OCC[N+](C)(C)C)OC(C)=O. The van der Waals surface area contributed by atoms with Crippen molar-refractivity contribution in [2.75, 3.05) is 54.1 Å². The molecule has 1 unspecified atom stereocenters. The summed E-state index contributed by atoms with van der Waals surface area (Å²) in [6.45, 7) is 3.70. The first kappa shape index (κ1) is 20.5. The van der Waals surface area contributed by atoms with Gasteiger partial charge in [0.25, 0.3) is 7.82 Å². The molecule has 0 spiro atoms. The molecule has 0 aromatic carbocycles. The summed E-state index contributed by atoms with van der Waals surface area (Å²) in [6.07, 6.45) is -0.785. The molecule has 9 heteroatoms. The van der Waals surface area contributed by atoms with Crippen LogP contribution >= 0.6 is 7.82 Å². The number of esters is 1. The van der Waals surface area contributed by atoms with Crippen LogP contribution in [0.5, 0.6) is 0 Å². The molecule has 21 heavy (non-hydrogen) atoms. The van der Waals surface area contributed by atoms with Crippen molar-refractivity contribution in [3.63, 3.8) is 0 Å². The van der Waals surface area contributed by atoms with Crippen molar-refractivity contribution in [1.29, 1.82) is 0 Å². The molecular formula is C12H26NO7P. The quantitative estimate of drug-likeness (QED) is 0.303. The molecule has 0 saturated heterocycles. The topological polar surface area (TPSA) is 94.1 Å². The van der Waals surface area contributed by atoms with Crippen molar-refractivity contribution in [3.8, 4) is 0 Å². The van der Waals surface area contributed by atoms with Crippen molar-refractivity contribution in [3.05, 3.63) is 0 Å². The van der Waals surface area contributed by atoms with E-state index in [0.717, 1.165) is 0 Å². The van der Waals surface area contributed by atoms with Crippen LogP contribution in [0.25, 0.3) is 0 Å². The minimum atomic E-state index is -4.41. The number of hydrogen-bond acceptors (Lipinski definition) is 7. The van der Waals surface area contributed by atoms with Gasteiger partial charge in [-0.3, -0.25) is 9.36 Å².